The Hall–Kier alpha value is -2.80. The lowest BCUT2D eigenvalue weighted by atomic mass is 10.1. The molecule has 0 saturated carbocycles. The van der Waals surface area contributed by atoms with Crippen molar-refractivity contribution in [3.8, 4) is 5.75 Å². The summed E-state index contributed by atoms with van der Waals surface area (Å²) in [6.45, 7) is 1.03. The maximum atomic E-state index is 12.0. The Morgan fingerprint density at radius 1 is 1.18 bits per heavy atom. The lowest BCUT2D eigenvalue weighted by Gasteiger charge is -2.16. The van der Waals surface area contributed by atoms with Crippen LogP contribution in [0.1, 0.15) is 17.5 Å². The van der Waals surface area contributed by atoms with Crippen LogP contribution in [0.3, 0.4) is 0 Å². The number of hydrogen-bond donors (Lipinski definition) is 1. The molecule has 1 N–H and O–H groups in total. The predicted molar refractivity (Wildman–Crippen MR) is 111 cm³/mol. The Kier molecular flexibility index (Phi) is 6.36. The van der Waals surface area contributed by atoms with Crippen LogP contribution in [0.15, 0.2) is 54.6 Å². The predicted octanol–water partition coefficient (Wildman–Crippen LogP) is 2.61. The highest BCUT2D eigenvalue weighted by Gasteiger charge is 2.28. The van der Waals surface area contributed by atoms with Crippen LogP contribution in [0, 0.1) is 0 Å². The van der Waals surface area contributed by atoms with E-state index in [2.05, 4.69) is 5.32 Å². The van der Waals surface area contributed by atoms with Gasteiger partial charge in [-0.1, -0.05) is 30.3 Å². The minimum Gasteiger partial charge on any atom is -0.496 e. The molecule has 3 rings (SSSR count). The molecule has 7 heteroatoms. The van der Waals surface area contributed by atoms with Gasteiger partial charge in [-0.15, -0.1) is 0 Å². The first kappa shape index (κ1) is 19.9. The Morgan fingerprint density at radius 3 is 2.61 bits per heavy atom. The Morgan fingerprint density at radius 2 is 1.93 bits per heavy atom. The zero-order valence-electron chi connectivity index (χ0n) is 15.8. The summed E-state index contributed by atoms with van der Waals surface area (Å²) in [5, 5.41) is 2.85. The Bertz CT molecular complexity index is 953. The first-order valence-corrected chi connectivity index (χ1v) is 10.8. The zero-order chi connectivity index (χ0) is 20.0. The minimum absolute atomic E-state index is 0.180. The maximum absolute atomic E-state index is 12.0. The second kappa shape index (κ2) is 8.93. The molecule has 1 heterocycles. The molecule has 0 spiro atoms. The number of carbonyl (C=O) groups is 1. The van der Waals surface area contributed by atoms with E-state index in [4.69, 9.17) is 4.74 Å². The van der Waals surface area contributed by atoms with Gasteiger partial charge in [0.25, 0.3) is 0 Å². The molecule has 0 aliphatic carbocycles. The molecule has 0 atom stereocenters. The largest absolute Gasteiger partial charge is 0.496 e. The minimum atomic E-state index is -3.17. The smallest absolute Gasteiger partial charge is 0.244 e. The van der Waals surface area contributed by atoms with Gasteiger partial charge < -0.3 is 10.1 Å². The SMILES string of the molecule is COc1ccccc1CCNC(=O)/C=C/c1ccc(N2CCCS2(=O)=O)cc1. The summed E-state index contributed by atoms with van der Waals surface area (Å²) in [6, 6.07) is 14.9. The third kappa shape index (κ3) is 4.92. The van der Waals surface area contributed by atoms with Crippen LogP contribution in [0.2, 0.25) is 0 Å². The molecule has 0 aromatic heterocycles. The van der Waals surface area contributed by atoms with Gasteiger partial charge in [-0.25, -0.2) is 8.42 Å². The third-order valence-corrected chi connectivity index (χ3v) is 6.46. The molecule has 1 aliphatic rings. The van der Waals surface area contributed by atoms with E-state index in [1.807, 2.05) is 36.4 Å². The number of methoxy groups -OCH3 is 1. The van der Waals surface area contributed by atoms with Crippen molar-refractivity contribution in [3.05, 3.63) is 65.7 Å². The highest BCUT2D eigenvalue weighted by Crippen LogP contribution is 2.24. The molecule has 0 bridgehead atoms. The van der Waals surface area contributed by atoms with Gasteiger partial charge in [0.15, 0.2) is 0 Å². The summed E-state index contributed by atoms with van der Waals surface area (Å²) in [7, 11) is -1.55. The number of anilines is 1. The number of carbonyl (C=O) groups excluding carboxylic acids is 1. The van der Waals surface area contributed by atoms with Gasteiger partial charge in [0.1, 0.15) is 5.75 Å². The first-order valence-electron chi connectivity index (χ1n) is 9.18. The summed E-state index contributed by atoms with van der Waals surface area (Å²) in [4.78, 5) is 12.0. The van der Waals surface area contributed by atoms with Gasteiger partial charge in [0, 0.05) is 19.2 Å². The number of nitrogens with one attached hydrogen (secondary N) is 1. The topological polar surface area (TPSA) is 75.7 Å². The quantitative estimate of drug-likeness (QED) is 0.725. The summed E-state index contributed by atoms with van der Waals surface area (Å²) >= 11 is 0. The molecular weight excluding hydrogens is 376 g/mol. The van der Waals surface area contributed by atoms with Crippen molar-refractivity contribution < 1.29 is 17.9 Å². The van der Waals surface area contributed by atoms with Crippen molar-refractivity contribution in [1.29, 1.82) is 0 Å². The average molecular weight is 401 g/mol. The molecule has 2 aromatic carbocycles. The van der Waals surface area contributed by atoms with Crippen molar-refractivity contribution in [2.75, 3.05) is 30.3 Å². The van der Waals surface area contributed by atoms with Crippen LogP contribution in [-0.4, -0.2) is 40.3 Å². The second-order valence-electron chi connectivity index (χ2n) is 6.52. The number of para-hydroxylation sites is 1. The highest BCUT2D eigenvalue weighted by atomic mass is 32.2. The number of ether oxygens (including phenoxy) is 1. The van der Waals surface area contributed by atoms with E-state index in [-0.39, 0.29) is 11.7 Å². The van der Waals surface area contributed by atoms with Crippen molar-refractivity contribution >= 4 is 27.7 Å². The van der Waals surface area contributed by atoms with Gasteiger partial charge in [-0.3, -0.25) is 9.10 Å². The molecule has 2 aromatic rings. The van der Waals surface area contributed by atoms with E-state index in [1.165, 1.54) is 10.4 Å². The monoisotopic (exact) mass is 400 g/mol. The van der Waals surface area contributed by atoms with E-state index in [0.717, 1.165) is 16.9 Å². The van der Waals surface area contributed by atoms with Crippen molar-refractivity contribution in [2.45, 2.75) is 12.8 Å². The fraction of sp³-hybridized carbons (Fsp3) is 0.286. The normalized spacial score (nSPS) is 15.7. The van der Waals surface area contributed by atoms with Gasteiger partial charge in [0.05, 0.1) is 18.6 Å². The summed E-state index contributed by atoms with van der Waals surface area (Å²) in [6.07, 6.45) is 4.52. The van der Waals surface area contributed by atoms with Crippen molar-refractivity contribution in [2.24, 2.45) is 0 Å². The summed E-state index contributed by atoms with van der Waals surface area (Å²) in [5.74, 6) is 0.831. The number of amides is 1. The van der Waals surface area contributed by atoms with Crippen LogP contribution in [0.5, 0.6) is 5.75 Å². The fourth-order valence-corrected chi connectivity index (χ4v) is 4.71. The van der Waals surface area contributed by atoms with Crippen LogP contribution >= 0.6 is 0 Å². The van der Waals surface area contributed by atoms with Gasteiger partial charge >= 0.3 is 0 Å². The third-order valence-electron chi connectivity index (χ3n) is 4.59. The van der Waals surface area contributed by atoms with E-state index in [9.17, 15) is 13.2 Å². The van der Waals surface area contributed by atoms with Crippen molar-refractivity contribution in [1.82, 2.24) is 5.32 Å². The van der Waals surface area contributed by atoms with Gasteiger partial charge in [-0.05, 0) is 48.2 Å². The molecule has 1 saturated heterocycles. The number of sulfonamides is 1. The molecule has 1 fully saturated rings. The van der Waals surface area contributed by atoms with Crippen molar-refractivity contribution in [3.63, 3.8) is 0 Å². The molecule has 1 aliphatic heterocycles. The summed E-state index contributed by atoms with van der Waals surface area (Å²) < 4.78 is 30.6. The molecule has 0 unspecified atom stereocenters. The average Bonchev–Trinajstić information content (AvgIpc) is 3.06. The van der Waals surface area contributed by atoms with Crippen LogP contribution in [-0.2, 0) is 21.2 Å². The zero-order valence-corrected chi connectivity index (χ0v) is 16.6. The molecular formula is C21H24N2O4S. The molecule has 0 radical (unpaired) electrons. The highest BCUT2D eigenvalue weighted by molar-refractivity contribution is 7.93. The second-order valence-corrected chi connectivity index (χ2v) is 8.53. The van der Waals surface area contributed by atoms with Gasteiger partial charge in [-0.2, -0.15) is 0 Å². The number of hydrogen-bond acceptors (Lipinski definition) is 4. The number of benzene rings is 2. The maximum Gasteiger partial charge on any atom is 0.244 e. The lowest BCUT2D eigenvalue weighted by molar-refractivity contribution is -0.116. The summed E-state index contributed by atoms with van der Waals surface area (Å²) in [5.41, 5.74) is 2.54. The van der Waals surface area contributed by atoms with E-state index in [1.54, 1.807) is 25.3 Å². The number of rotatable bonds is 7. The molecule has 28 heavy (non-hydrogen) atoms. The molecule has 6 nitrogen and oxygen atoms in total. The van der Waals surface area contributed by atoms with E-state index in [0.29, 0.717) is 31.6 Å². The molecule has 1 amide bonds. The number of nitrogens with zero attached hydrogens (tertiary/aromatic N) is 1. The Labute approximate surface area is 165 Å². The van der Waals surface area contributed by atoms with Crippen LogP contribution < -0.4 is 14.4 Å². The standard InChI is InChI=1S/C21H24N2O4S/c1-27-20-6-3-2-5-18(20)13-14-22-21(24)12-9-17-7-10-19(11-8-17)23-15-4-16-28(23,25)26/h2-3,5-12H,4,13-16H2,1H3,(H,22,24)/b12-9+. The van der Waals surface area contributed by atoms with Gasteiger partial charge in [0.2, 0.25) is 15.9 Å². The van der Waals surface area contributed by atoms with E-state index < -0.39 is 10.0 Å². The first-order chi connectivity index (χ1) is 13.5. The van der Waals surface area contributed by atoms with Crippen LogP contribution in [0.25, 0.3) is 6.08 Å². The molecule has 148 valence electrons. The lowest BCUT2D eigenvalue weighted by Crippen LogP contribution is -2.24. The fourth-order valence-electron chi connectivity index (χ4n) is 3.14. The van der Waals surface area contributed by atoms with E-state index >= 15 is 0 Å². The van der Waals surface area contributed by atoms with Crippen LogP contribution in [0.4, 0.5) is 5.69 Å². The Balaban J connectivity index is 1.51.